The van der Waals surface area contributed by atoms with Crippen molar-refractivity contribution >= 4 is 16.6 Å². The minimum absolute atomic E-state index is 0.207. The van der Waals surface area contributed by atoms with Crippen LogP contribution >= 0.6 is 0 Å². The highest BCUT2D eigenvalue weighted by molar-refractivity contribution is 6.74. The first-order valence-electron chi connectivity index (χ1n) is 11.1. The molecule has 0 aliphatic rings. The van der Waals surface area contributed by atoms with Crippen LogP contribution in [0, 0.1) is 0 Å². The third-order valence-electron chi connectivity index (χ3n) is 6.97. The zero-order valence-corrected chi connectivity index (χ0v) is 22.8. The van der Waals surface area contributed by atoms with Gasteiger partial charge in [-0.3, -0.25) is 0 Å². The van der Waals surface area contributed by atoms with Gasteiger partial charge in [0.2, 0.25) is 0 Å². The van der Waals surface area contributed by atoms with Crippen LogP contribution in [0.15, 0.2) is 48.5 Å². The smallest absolute Gasteiger partial charge is 0.192 e. The summed E-state index contributed by atoms with van der Waals surface area (Å²) >= 11 is 0. The zero-order chi connectivity index (χ0) is 22.8. The summed E-state index contributed by atoms with van der Waals surface area (Å²) in [4.78, 5) is 0. The van der Waals surface area contributed by atoms with Crippen molar-refractivity contribution in [3.05, 3.63) is 59.7 Å². The molecule has 0 radical (unpaired) electrons. The van der Waals surface area contributed by atoms with Crippen LogP contribution < -0.4 is 0 Å². The summed E-state index contributed by atoms with van der Waals surface area (Å²) < 4.78 is 13.1. The van der Waals surface area contributed by atoms with Gasteiger partial charge >= 0.3 is 0 Å². The molecule has 2 aromatic rings. The normalized spacial score (nSPS) is 13.5. The Labute approximate surface area is 187 Å². The topological polar surface area (TPSA) is 18.5 Å². The maximum absolute atomic E-state index is 6.53. The molecule has 30 heavy (non-hydrogen) atoms. The van der Waals surface area contributed by atoms with Crippen molar-refractivity contribution in [3.63, 3.8) is 0 Å². The highest BCUT2D eigenvalue weighted by Gasteiger charge is 2.38. The van der Waals surface area contributed by atoms with E-state index < -0.39 is 16.6 Å². The van der Waals surface area contributed by atoms with Crippen LogP contribution in [0.3, 0.4) is 0 Å². The Kier molecular flexibility index (Phi) is 7.61. The van der Waals surface area contributed by atoms with Gasteiger partial charge in [0, 0.05) is 0 Å². The summed E-state index contributed by atoms with van der Waals surface area (Å²) in [6.07, 6.45) is 0. The first kappa shape index (κ1) is 25.1. The Bertz CT molecular complexity index is 780. The molecule has 2 rings (SSSR count). The Morgan fingerprint density at radius 2 is 1.00 bits per heavy atom. The Hall–Kier alpha value is -1.21. The zero-order valence-electron chi connectivity index (χ0n) is 20.8. The van der Waals surface area contributed by atoms with E-state index in [1.807, 2.05) is 0 Å². The maximum atomic E-state index is 6.53. The molecule has 4 heteroatoms. The van der Waals surface area contributed by atoms with E-state index in [1.54, 1.807) is 0 Å². The second-order valence-electron chi connectivity index (χ2n) is 11.5. The van der Waals surface area contributed by atoms with E-state index in [4.69, 9.17) is 8.85 Å². The fourth-order valence-corrected chi connectivity index (χ4v) is 4.61. The van der Waals surface area contributed by atoms with Gasteiger partial charge in [0.25, 0.3) is 0 Å². The summed E-state index contributed by atoms with van der Waals surface area (Å²) in [6.45, 7) is 24.3. The Morgan fingerprint density at radius 1 is 0.600 bits per heavy atom. The van der Waals surface area contributed by atoms with Crippen LogP contribution in [-0.2, 0) is 22.1 Å². The van der Waals surface area contributed by atoms with Crippen LogP contribution in [-0.4, -0.2) is 16.6 Å². The van der Waals surface area contributed by atoms with Gasteiger partial charge < -0.3 is 8.85 Å². The van der Waals surface area contributed by atoms with E-state index in [0.29, 0.717) is 13.2 Å². The van der Waals surface area contributed by atoms with E-state index in [1.165, 1.54) is 22.3 Å². The monoisotopic (exact) mass is 442 g/mol. The van der Waals surface area contributed by atoms with Gasteiger partial charge in [-0.05, 0) is 70.7 Å². The Morgan fingerprint density at radius 3 is 1.37 bits per heavy atom. The summed E-state index contributed by atoms with van der Waals surface area (Å²) in [7, 11) is -3.60. The molecular formula is C26H42O2Si2. The summed E-state index contributed by atoms with van der Waals surface area (Å²) in [5.74, 6) is 0. The van der Waals surface area contributed by atoms with Crippen molar-refractivity contribution < 1.29 is 8.85 Å². The van der Waals surface area contributed by atoms with E-state index in [0.717, 1.165) is 0 Å². The molecule has 2 aromatic carbocycles. The fourth-order valence-electron chi connectivity index (χ4n) is 2.69. The van der Waals surface area contributed by atoms with Gasteiger partial charge in [0.1, 0.15) is 0 Å². The molecule has 0 saturated heterocycles. The summed E-state index contributed by atoms with van der Waals surface area (Å²) in [5, 5.41) is 0.413. The lowest BCUT2D eigenvalue weighted by molar-refractivity contribution is 0.271. The molecule has 0 N–H and O–H groups in total. The second-order valence-corrected chi connectivity index (χ2v) is 21.1. The quantitative estimate of drug-likeness (QED) is 0.401. The van der Waals surface area contributed by atoms with Gasteiger partial charge in [-0.15, -0.1) is 0 Å². The summed E-state index contributed by atoms with van der Waals surface area (Å²) in [5.41, 5.74) is 4.94. The van der Waals surface area contributed by atoms with Gasteiger partial charge in [-0.25, -0.2) is 0 Å². The highest BCUT2D eigenvalue weighted by Crippen LogP contribution is 2.38. The van der Waals surface area contributed by atoms with E-state index in [2.05, 4.69) is 116 Å². The third kappa shape index (κ3) is 6.40. The maximum Gasteiger partial charge on any atom is 0.192 e. The number of hydrogen-bond donors (Lipinski definition) is 0. The predicted molar refractivity (Wildman–Crippen MR) is 136 cm³/mol. The van der Waals surface area contributed by atoms with Gasteiger partial charge in [0.15, 0.2) is 16.6 Å². The molecule has 0 atom stereocenters. The van der Waals surface area contributed by atoms with E-state index >= 15 is 0 Å². The second kappa shape index (κ2) is 9.11. The van der Waals surface area contributed by atoms with Crippen LogP contribution in [0.5, 0.6) is 0 Å². The largest absolute Gasteiger partial charge is 0.413 e. The van der Waals surface area contributed by atoms with Crippen molar-refractivity contribution in [2.45, 2.75) is 91.0 Å². The molecule has 166 valence electrons. The molecule has 0 fully saturated rings. The summed E-state index contributed by atoms with van der Waals surface area (Å²) in [6, 6.07) is 17.4. The average molecular weight is 443 g/mol. The molecule has 0 bridgehead atoms. The van der Waals surface area contributed by atoms with Crippen LogP contribution in [0.2, 0.25) is 36.3 Å². The van der Waals surface area contributed by atoms with Crippen molar-refractivity contribution in [1.82, 2.24) is 0 Å². The molecule has 0 unspecified atom stereocenters. The molecule has 0 aliphatic carbocycles. The van der Waals surface area contributed by atoms with Crippen LogP contribution in [0.25, 0.3) is 11.1 Å². The molecule has 0 saturated carbocycles. The lowest BCUT2D eigenvalue weighted by atomic mass is 10.0. The van der Waals surface area contributed by atoms with Gasteiger partial charge in [0.05, 0.1) is 13.2 Å². The lowest BCUT2D eigenvalue weighted by Gasteiger charge is -2.36. The lowest BCUT2D eigenvalue weighted by Crippen LogP contribution is -2.40. The van der Waals surface area contributed by atoms with Crippen molar-refractivity contribution in [2.75, 3.05) is 0 Å². The number of hydrogen-bond acceptors (Lipinski definition) is 2. The molecular weight excluding hydrogens is 400 g/mol. The SMILES string of the molecule is CC(C)(C)[Si](C)(C)OCc1cc(CO[Si](C)(C)C(C)(C)C)cc(-c2ccccc2)c1. The minimum atomic E-state index is -1.80. The van der Waals surface area contributed by atoms with Crippen molar-refractivity contribution in [1.29, 1.82) is 0 Å². The molecule has 0 aliphatic heterocycles. The van der Waals surface area contributed by atoms with Crippen molar-refractivity contribution in [2.24, 2.45) is 0 Å². The molecule has 2 nitrogen and oxygen atoms in total. The van der Waals surface area contributed by atoms with Crippen LogP contribution in [0.4, 0.5) is 0 Å². The number of rotatable bonds is 7. The fraction of sp³-hybridized carbons (Fsp3) is 0.538. The van der Waals surface area contributed by atoms with Crippen LogP contribution in [0.1, 0.15) is 52.7 Å². The van der Waals surface area contributed by atoms with E-state index in [-0.39, 0.29) is 10.1 Å². The molecule has 0 aromatic heterocycles. The van der Waals surface area contributed by atoms with Crippen molar-refractivity contribution in [3.8, 4) is 11.1 Å². The predicted octanol–water partition coefficient (Wildman–Crippen LogP) is 8.40. The van der Waals surface area contributed by atoms with E-state index in [9.17, 15) is 0 Å². The highest BCUT2D eigenvalue weighted by atomic mass is 28.4. The minimum Gasteiger partial charge on any atom is -0.413 e. The molecule has 0 heterocycles. The number of benzene rings is 2. The average Bonchev–Trinajstić information content (AvgIpc) is 2.64. The standard InChI is InChI=1S/C26H42O2Si2/c1-25(2,3)29(7,8)27-19-21-16-22(20-28-30(9,10)26(4,5)6)18-24(17-21)23-14-12-11-13-15-23/h11-18H,19-20H2,1-10H3. The van der Waals surface area contributed by atoms with Gasteiger partial charge in [-0.2, -0.15) is 0 Å². The molecule has 0 spiro atoms. The molecule has 0 amide bonds. The Balaban J connectivity index is 2.32. The first-order valence-corrected chi connectivity index (χ1v) is 16.9. The van der Waals surface area contributed by atoms with Gasteiger partial charge in [-0.1, -0.05) is 77.9 Å². The first-order chi connectivity index (χ1) is 13.6. The third-order valence-corrected chi connectivity index (χ3v) is 15.9.